The zero-order valence-electron chi connectivity index (χ0n) is 10.2. The summed E-state index contributed by atoms with van der Waals surface area (Å²) in [5.41, 5.74) is 0.687. The van der Waals surface area contributed by atoms with Crippen LogP contribution in [0.2, 0.25) is 0 Å². The number of hydrogen-bond acceptors (Lipinski definition) is 4. The molecule has 94 valence electrons. The van der Waals surface area contributed by atoms with Gasteiger partial charge in [-0.2, -0.15) is 0 Å². The molecule has 0 fully saturated rings. The highest BCUT2D eigenvalue weighted by Crippen LogP contribution is 2.22. The summed E-state index contributed by atoms with van der Waals surface area (Å²) in [6.45, 7) is 0.471. The third-order valence-electron chi connectivity index (χ3n) is 2.46. The highest BCUT2D eigenvalue weighted by atomic mass is 19.1. The maximum Gasteiger partial charge on any atom is 0.307 e. The molecule has 1 aromatic rings. The molecule has 0 aliphatic heterocycles. The van der Waals surface area contributed by atoms with Gasteiger partial charge in [-0.1, -0.05) is 0 Å². The number of esters is 1. The zero-order chi connectivity index (χ0) is 12.8. The van der Waals surface area contributed by atoms with Gasteiger partial charge >= 0.3 is 5.97 Å². The largest absolute Gasteiger partial charge is 0.494 e. The van der Waals surface area contributed by atoms with Crippen LogP contribution in [0.25, 0.3) is 0 Å². The average Bonchev–Trinajstić information content (AvgIpc) is 2.35. The summed E-state index contributed by atoms with van der Waals surface area (Å²) in [5, 5.41) is 0. The minimum absolute atomic E-state index is 0.204. The van der Waals surface area contributed by atoms with Crippen LogP contribution in [0.3, 0.4) is 0 Å². The molecular weight excluding hydrogens is 225 g/mol. The Kier molecular flexibility index (Phi) is 4.75. The highest BCUT2D eigenvalue weighted by molar-refractivity contribution is 5.70. The quantitative estimate of drug-likeness (QED) is 0.737. The summed E-state index contributed by atoms with van der Waals surface area (Å²) in [5.74, 6) is -0.504. The van der Waals surface area contributed by atoms with E-state index in [4.69, 9.17) is 4.74 Å². The summed E-state index contributed by atoms with van der Waals surface area (Å²) < 4.78 is 22.8. The number of methoxy groups -OCH3 is 2. The van der Waals surface area contributed by atoms with Gasteiger partial charge in [-0.15, -0.1) is 0 Å². The number of rotatable bonds is 5. The van der Waals surface area contributed by atoms with Crippen molar-refractivity contribution >= 4 is 11.7 Å². The van der Waals surface area contributed by atoms with Crippen LogP contribution in [0.4, 0.5) is 10.1 Å². The van der Waals surface area contributed by atoms with E-state index in [2.05, 4.69) is 4.74 Å². The van der Waals surface area contributed by atoms with Crippen LogP contribution >= 0.6 is 0 Å². The lowest BCUT2D eigenvalue weighted by Crippen LogP contribution is -2.21. The fourth-order valence-corrected chi connectivity index (χ4v) is 1.38. The van der Waals surface area contributed by atoms with Gasteiger partial charge in [0, 0.05) is 25.3 Å². The number of benzene rings is 1. The second-order valence-corrected chi connectivity index (χ2v) is 3.57. The molecule has 0 N–H and O–H groups in total. The van der Waals surface area contributed by atoms with Gasteiger partial charge in [0.1, 0.15) is 0 Å². The number of ether oxygens (including phenoxy) is 2. The highest BCUT2D eigenvalue weighted by Gasteiger charge is 2.08. The summed E-state index contributed by atoms with van der Waals surface area (Å²) >= 11 is 0. The number of anilines is 1. The molecule has 1 rings (SSSR count). The molecule has 0 saturated heterocycles. The monoisotopic (exact) mass is 241 g/mol. The van der Waals surface area contributed by atoms with Crippen LogP contribution < -0.4 is 9.64 Å². The van der Waals surface area contributed by atoms with E-state index < -0.39 is 5.82 Å². The molecule has 0 unspecified atom stereocenters. The fraction of sp³-hybridized carbons (Fsp3) is 0.417. The molecule has 0 amide bonds. The number of halogens is 1. The van der Waals surface area contributed by atoms with Crippen molar-refractivity contribution in [2.45, 2.75) is 6.42 Å². The first-order chi connectivity index (χ1) is 8.08. The average molecular weight is 241 g/mol. The molecule has 0 aliphatic carbocycles. The number of carbonyl (C=O) groups excluding carboxylic acids is 1. The summed E-state index contributed by atoms with van der Waals surface area (Å²) in [6.07, 6.45) is 0.265. The lowest BCUT2D eigenvalue weighted by atomic mass is 10.2. The van der Waals surface area contributed by atoms with Gasteiger partial charge in [0.25, 0.3) is 0 Å². The van der Waals surface area contributed by atoms with E-state index >= 15 is 0 Å². The first kappa shape index (κ1) is 13.3. The van der Waals surface area contributed by atoms with E-state index in [0.717, 1.165) is 0 Å². The maximum atomic E-state index is 13.4. The van der Waals surface area contributed by atoms with Crippen molar-refractivity contribution in [3.8, 4) is 5.75 Å². The van der Waals surface area contributed by atoms with Gasteiger partial charge in [0.15, 0.2) is 11.6 Å². The maximum absolute atomic E-state index is 13.4. The molecule has 0 atom stereocenters. The Morgan fingerprint density at radius 2 is 2.12 bits per heavy atom. The third kappa shape index (κ3) is 3.62. The van der Waals surface area contributed by atoms with E-state index in [1.165, 1.54) is 20.3 Å². The van der Waals surface area contributed by atoms with E-state index in [1.54, 1.807) is 24.1 Å². The van der Waals surface area contributed by atoms with Crippen molar-refractivity contribution in [1.82, 2.24) is 0 Å². The summed E-state index contributed by atoms with van der Waals surface area (Å²) in [7, 11) is 4.54. The van der Waals surface area contributed by atoms with Crippen LogP contribution in [0.1, 0.15) is 6.42 Å². The Hall–Kier alpha value is -1.78. The van der Waals surface area contributed by atoms with E-state index in [-0.39, 0.29) is 18.1 Å². The molecule has 0 heterocycles. The van der Waals surface area contributed by atoms with Crippen molar-refractivity contribution in [2.24, 2.45) is 0 Å². The molecule has 0 bridgehead atoms. The molecule has 0 radical (unpaired) electrons. The second kappa shape index (κ2) is 6.08. The molecule has 17 heavy (non-hydrogen) atoms. The van der Waals surface area contributed by atoms with Crippen molar-refractivity contribution < 1.29 is 18.7 Å². The summed E-state index contributed by atoms with van der Waals surface area (Å²) in [6, 6.07) is 4.66. The standard InChI is InChI=1S/C12H16FNO3/c1-14(7-6-12(15)17-3)9-4-5-11(16-2)10(13)8-9/h4-5,8H,6-7H2,1-3H3. The smallest absolute Gasteiger partial charge is 0.307 e. The lowest BCUT2D eigenvalue weighted by molar-refractivity contribution is -0.140. The first-order valence-corrected chi connectivity index (χ1v) is 5.20. The first-order valence-electron chi connectivity index (χ1n) is 5.20. The van der Waals surface area contributed by atoms with Crippen LogP contribution in [0, 0.1) is 5.82 Å². The van der Waals surface area contributed by atoms with E-state index in [0.29, 0.717) is 12.2 Å². The molecule has 0 aromatic heterocycles. The van der Waals surface area contributed by atoms with Gasteiger partial charge in [-0.25, -0.2) is 4.39 Å². The fourth-order valence-electron chi connectivity index (χ4n) is 1.38. The predicted molar refractivity (Wildman–Crippen MR) is 62.9 cm³/mol. The third-order valence-corrected chi connectivity index (χ3v) is 2.46. The lowest BCUT2D eigenvalue weighted by Gasteiger charge is -2.19. The van der Waals surface area contributed by atoms with Gasteiger partial charge < -0.3 is 14.4 Å². The normalized spacial score (nSPS) is 9.88. The van der Waals surface area contributed by atoms with E-state index in [1.807, 2.05) is 0 Å². The van der Waals surface area contributed by atoms with Crippen molar-refractivity contribution in [2.75, 3.05) is 32.7 Å². The molecule has 0 spiro atoms. The van der Waals surface area contributed by atoms with Crippen molar-refractivity contribution in [3.63, 3.8) is 0 Å². The number of nitrogens with zero attached hydrogens (tertiary/aromatic N) is 1. The topological polar surface area (TPSA) is 38.8 Å². The van der Waals surface area contributed by atoms with Crippen molar-refractivity contribution in [3.05, 3.63) is 24.0 Å². The van der Waals surface area contributed by atoms with Gasteiger partial charge in [0.2, 0.25) is 0 Å². The molecule has 4 nitrogen and oxygen atoms in total. The number of hydrogen-bond donors (Lipinski definition) is 0. The Morgan fingerprint density at radius 1 is 1.41 bits per heavy atom. The van der Waals surface area contributed by atoms with Crippen LogP contribution in [0.5, 0.6) is 5.75 Å². The molecule has 0 aliphatic rings. The van der Waals surface area contributed by atoms with E-state index in [9.17, 15) is 9.18 Å². The Bertz CT molecular complexity index is 395. The Labute approximate surface area is 99.9 Å². The molecule has 1 aromatic carbocycles. The van der Waals surface area contributed by atoms with Crippen LogP contribution in [-0.4, -0.2) is 33.8 Å². The Balaban J connectivity index is 2.66. The van der Waals surface area contributed by atoms with Crippen LogP contribution in [0.15, 0.2) is 18.2 Å². The molecule has 0 saturated carbocycles. The predicted octanol–water partition coefficient (Wildman–Crippen LogP) is 1.83. The Morgan fingerprint density at radius 3 is 2.65 bits per heavy atom. The molecular formula is C12H16FNO3. The second-order valence-electron chi connectivity index (χ2n) is 3.57. The molecule has 5 heteroatoms. The van der Waals surface area contributed by atoms with Gasteiger partial charge in [-0.3, -0.25) is 4.79 Å². The minimum Gasteiger partial charge on any atom is -0.494 e. The number of carbonyl (C=O) groups is 1. The van der Waals surface area contributed by atoms with Crippen molar-refractivity contribution in [1.29, 1.82) is 0 Å². The van der Waals surface area contributed by atoms with Crippen LogP contribution in [-0.2, 0) is 9.53 Å². The SMILES string of the molecule is COC(=O)CCN(C)c1ccc(OC)c(F)c1. The van der Waals surface area contributed by atoms with Gasteiger partial charge in [0.05, 0.1) is 20.6 Å². The van der Waals surface area contributed by atoms with Gasteiger partial charge in [-0.05, 0) is 12.1 Å². The zero-order valence-corrected chi connectivity index (χ0v) is 10.2. The minimum atomic E-state index is -0.421. The summed E-state index contributed by atoms with van der Waals surface area (Å²) in [4.78, 5) is 12.7.